The van der Waals surface area contributed by atoms with Gasteiger partial charge in [0.25, 0.3) is 0 Å². The summed E-state index contributed by atoms with van der Waals surface area (Å²) in [5, 5.41) is 3.43. The summed E-state index contributed by atoms with van der Waals surface area (Å²) in [6.07, 6.45) is 0.265. The highest BCUT2D eigenvalue weighted by Gasteiger charge is 2.11. The molecule has 0 unspecified atom stereocenters. The van der Waals surface area contributed by atoms with Crippen molar-refractivity contribution in [2.75, 3.05) is 38.2 Å². The van der Waals surface area contributed by atoms with E-state index in [1.165, 1.54) is 5.56 Å². The van der Waals surface area contributed by atoms with Gasteiger partial charge < -0.3 is 14.8 Å². The van der Waals surface area contributed by atoms with Gasteiger partial charge in [-0.25, -0.2) is 0 Å². The van der Waals surface area contributed by atoms with E-state index in [2.05, 4.69) is 10.2 Å². The highest BCUT2D eigenvalue weighted by atomic mass is 35.5. The van der Waals surface area contributed by atoms with Gasteiger partial charge in [-0.3, -0.25) is 9.69 Å². The van der Waals surface area contributed by atoms with Crippen LogP contribution in [-0.4, -0.2) is 43.7 Å². The molecule has 2 aromatic carbocycles. The second-order valence-corrected chi connectivity index (χ2v) is 6.57. The Kier molecular flexibility index (Phi) is 6.89. The molecule has 5 nitrogen and oxygen atoms in total. The molecule has 1 fully saturated rings. The second-order valence-electron chi connectivity index (χ2n) is 6.16. The lowest BCUT2D eigenvalue weighted by Crippen LogP contribution is -2.35. The first kappa shape index (κ1) is 18.7. The summed E-state index contributed by atoms with van der Waals surface area (Å²) in [6.45, 7) is 4.70. The minimum atomic E-state index is -0.0852. The Balaban J connectivity index is 1.41. The van der Waals surface area contributed by atoms with E-state index in [0.29, 0.717) is 10.8 Å². The maximum Gasteiger partial charge on any atom is 0.227 e. The molecule has 0 saturated carbocycles. The molecule has 2 aromatic rings. The van der Waals surface area contributed by atoms with Crippen LogP contribution in [0.25, 0.3) is 0 Å². The molecule has 138 valence electrons. The van der Waals surface area contributed by atoms with Crippen LogP contribution in [0.5, 0.6) is 5.75 Å². The van der Waals surface area contributed by atoms with Gasteiger partial charge in [0.15, 0.2) is 0 Å². The third-order valence-corrected chi connectivity index (χ3v) is 4.48. The van der Waals surface area contributed by atoms with Crippen molar-refractivity contribution in [3.05, 3.63) is 59.1 Å². The van der Waals surface area contributed by atoms with Crippen LogP contribution in [0.1, 0.15) is 12.0 Å². The fourth-order valence-electron chi connectivity index (χ4n) is 2.75. The smallest absolute Gasteiger partial charge is 0.227 e. The Hall–Kier alpha value is -2.08. The van der Waals surface area contributed by atoms with Crippen LogP contribution in [0.4, 0.5) is 5.69 Å². The van der Waals surface area contributed by atoms with Gasteiger partial charge >= 0.3 is 0 Å². The van der Waals surface area contributed by atoms with Crippen molar-refractivity contribution < 1.29 is 14.3 Å². The van der Waals surface area contributed by atoms with Gasteiger partial charge in [0.2, 0.25) is 5.91 Å². The molecule has 1 heterocycles. The van der Waals surface area contributed by atoms with Crippen LogP contribution in [0.3, 0.4) is 0 Å². The molecule has 1 aliphatic rings. The molecular formula is C20H23ClN2O3. The minimum absolute atomic E-state index is 0.0852. The fraction of sp³-hybridized carbons (Fsp3) is 0.350. The number of rotatable bonds is 7. The first-order valence-electron chi connectivity index (χ1n) is 8.77. The lowest BCUT2D eigenvalue weighted by atomic mass is 10.2. The first-order chi connectivity index (χ1) is 12.7. The van der Waals surface area contributed by atoms with E-state index < -0.39 is 0 Å². The maximum atomic E-state index is 12.0. The molecule has 1 N–H and O–H groups in total. The number of morpholine rings is 1. The molecular weight excluding hydrogens is 352 g/mol. The van der Waals surface area contributed by atoms with Gasteiger partial charge in [-0.2, -0.15) is 0 Å². The lowest BCUT2D eigenvalue weighted by Gasteiger charge is -2.26. The molecule has 26 heavy (non-hydrogen) atoms. The number of halogens is 1. The van der Waals surface area contributed by atoms with E-state index in [0.717, 1.165) is 38.5 Å². The number of amides is 1. The second kappa shape index (κ2) is 9.57. The van der Waals surface area contributed by atoms with Crippen LogP contribution >= 0.6 is 11.6 Å². The van der Waals surface area contributed by atoms with Crippen molar-refractivity contribution in [3.8, 4) is 5.75 Å². The zero-order valence-corrected chi connectivity index (χ0v) is 15.4. The number of anilines is 1. The number of hydrogen-bond donors (Lipinski definition) is 1. The molecule has 3 rings (SSSR count). The SMILES string of the molecule is O=C(CCOc1ccccc1Cl)Nc1ccc(CN2CCOCC2)cc1. The first-order valence-corrected chi connectivity index (χ1v) is 9.15. The molecule has 6 heteroatoms. The van der Waals surface area contributed by atoms with Gasteiger partial charge in [0.1, 0.15) is 5.75 Å². The van der Waals surface area contributed by atoms with Gasteiger partial charge in [0, 0.05) is 25.3 Å². The summed E-state index contributed by atoms with van der Waals surface area (Å²) in [4.78, 5) is 14.4. The van der Waals surface area contributed by atoms with Crippen molar-refractivity contribution in [3.63, 3.8) is 0 Å². The number of hydrogen-bond acceptors (Lipinski definition) is 4. The Morgan fingerprint density at radius 2 is 1.85 bits per heavy atom. The third-order valence-electron chi connectivity index (χ3n) is 4.17. The molecule has 1 amide bonds. The Morgan fingerprint density at radius 3 is 2.58 bits per heavy atom. The predicted octanol–water partition coefficient (Wildman–Crippen LogP) is 3.58. The molecule has 1 aliphatic heterocycles. The number of carbonyl (C=O) groups excluding carboxylic acids is 1. The van der Waals surface area contributed by atoms with E-state index in [1.54, 1.807) is 12.1 Å². The van der Waals surface area contributed by atoms with Crippen molar-refractivity contribution >= 4 is 23.2 Å². The van der Waals surface area contributed by atoms with Crippen molar-refractivity contribution in [1.29, 1.82) is 0 Å². The van der Waals surface area contributed by atoms with Crippen LogP contribution in [0, 0.1) is 0 Å². The summed E-state index contributed by atoms with van der Waals surface area (Å²) in [6, 6.07) is 15.2. The van der Waals surface area contributed by atoms with Crippen LogP contribution in [0.15, 0.2) is 48.5 Å². The lowest BCUT2D eigenvalue weighted by molar-refractivity contribution is -0.116. The number of ether oxygens (including phenoxy) is 2. The minimum Gasteiger partial charge on any atom is -0.491 e. The van der Waals surface area contributed by atoms with Crippen molar-refractivity contribution in [1.82, 2.24) is 4.90 Å². The Bertz CT molecular complexity index is 715. The zero-order valence-electron chi connectivity index (χ0n) is 14.6. The number of benzene rings is 2. The summed E-state index contributed by atoms with van der Waals surface area (Å²) in [7, 11) is 0. The number of nitrogens with one attached hydrogen (secondary N) is 1. The number of para-hydroxylation sites is 1. The molecule has 0 atom stereocenters. The molecule has 0 spiro atoms. The standard InChI is InChI=1S/C20H23ClN2O3/c21-18-3-1-2-4-19(18)26-12-9-20(24)22-17-7-5-16(6-8-17)15-23-10-13-25-14-11-23/h1-8H,9-15H2,(H,22,24). The van der Waals surface area contributed by atoms with Crippen LogP contribution < -0.4 is 10.1 Å². The Labute approximate surface area is 158 Å². The third kappa shape index (κ3) is 5.73. The molecule has 0 radical (unpaired) electrons. The molecule has 1 saturated heterocycles. The van der Waals surface area contributed by atoms with E-state index in [9.17, 15) is 4.79 Å². The van der Waals surface area contributed by atoms with Crippen LogP contribution in [0.2, 0.25) is 5.02 Å². The summed E-state index contributed by atoms with van der Waals surface area (Å²) in [5.41, 5.74) is 2.02. The van der Waals surface area contributed by atoms with Crippen LogP contribution in [-0.2, 0) is 16.1 Å². The summed E-state index contributed by atoms with van der Waals surface area (Å²) in [5.74, 6) is 0.507. The van der Waals surface area contributed by atoms with Crippen molar-refractivity contribution in [2.45, 2.75) is 13.0 Å². The van der Waals surface area contributed by atoms with Gasteiger partial charge in [-0.15, -0.1) is 0 Å². The number of nitrogens with zero attached hydrogens (tertiary/aromatic N) is 1. The van der Waals surface area contributed by atoms with E-state index in [1.807, 2.05) is 36.4 Å². The quantitative estimate of drug-likeness (QED) is 0.804. The number of carbonyl (C=O) groups is 1. The van der Waals surface area contributed by atoms with Gasteiger partial charge in [-0.05, 0) is 29.8 Å². The predicted molar refractivity (Wildman–Crippen MR) is 103 cm³/mol. The van der Waals surface area contributed by atoms with Crippen molar-refractivity contribution in [2.24, 2.45) is 0 Å². The normalized spacial score (nSPS) is 14.8. The highest BCUT2D eigenvalue weighted by Crippen LogP contribution is 2.23. The van der Waals surface area contributed by atoms with E-state index in [-0.39, 0.29) is 18.9 Å². The fourth-order valence-corrected chi connectivity index (χ4v) is 2.94. The average molecular weight is 375 g/mol. The zero-order chi connectivity index (χ0) is 18.2. The molecule has 0 aromatic heterocycles. The highest BCUT2D eigenvalue weighted by molar-refractivity contribution is 6.32. The Morgan fingerprint density at radius 1 is 1.12 bits per heavy atom. The van der Waals surface area contributed by atoms with Gasteiger partial charge in [-0.1, -0.05) is 35.9 Å². The largest absolute Gasteiger partial charge is 0.491 e. The van der Waals surface area contributed by atoms with E-state index >= 15 is 0 Å². The topological polar surface area (TPSA) is 50.8 Å². The maximum absolute atomic E-state index is 12.0. The monoisotopic (exact) mass is 374 g/mol. The summed E-state index contributed by atoms with van der Waals surface area (Å²) >= 11 is 6.02. The van der Waals surface area contributed by atoms with E-state index in [4.69, 9.17) is 21.1 Å². The molecule has 0 aliphatic carbocycles. The average Bonchev–Trinajstić information content (AvgIpc) is 2.66. The summed E-state index contributed by atoms with van der Waals surface area (Å²) < 4.78 is 10.9. The molecule has 0 bridgehead atoms. The van der Waals surface area contributed by atoms with Gasteiger partial charge in [0.05, 0.1) is 31.3 Å².